The van der Waals surface area contributed by atoms with E-state index in [1.165, 1.54) is 30.6 Å². The summed E-state index contributed by atoms with van der Waals surface area (Å²) in [5, 5.41) is 3.34. The van der Waals surface area contributed by atoms with Gasteiger partial charge in [-0.1, -0.05) is 23.7 Å². The zero-order valence-corrected chi connectivity index (χ0v) is 16.2. The number of aromatic nitrogens is 2. The minimum Gasteiger partial charge on any atom is -0.490 e. The molecule has 0 radical (unpaired) electrons. The van der Waals surface area contributed by atoms with Crippen molar-refractivity contribution in [1.82, 2.24) is 15.3 Å². The number of aromatic amines is 1. The summed E-state index contributed by atoms with van der Waals surface area (Å²) < 4.78 is 20.1. The second kappa shape index (κ2) is 7.33. The number of hydrogen-bond acceptors (Lipinski definition) is 4. The van der Waals surface area contributed by atoms with Gasteiger partial charge in [0.15, 0.2) is 5.75 Å². The van der Waals surface area contributed by atoms with Crippen LogP contribution in [0.15, 0.2) is 53.6 Å². The Hall–Kier alpha value is -3.19. The van der Waals surface area contributed by atoms with Gasteiger partial charge in [0.1, 0.15) is 17.1 Å². The topological polar surface area (TPSA) is 84.1 Å². The fourth-order valence-electron chi connectivity index (χ4n) is 3.44. The first kappa shape index (κ1) is 19.1. The molecule has 0 unspecified atom stereocenters. The number of fused-ring (bicyclic) bond motifs is 1. The first-order valence-corrected chi connectivity index (χ1v) is 9.34. The van der Waals surface area contributed by atoms with E-state index < -0.39 is 17.3 Å². The number of pyridine rings is 2. The molecule has 6 nitrogen and oxygen atoms in total. The number of aryl methyl sites for hydroxylation is 1. The molecule has 1 aromatic carbocycles. The fraction of sp³-hybridized carbons (Fsp3) is 0.190. The van der Waals surface area contributed by atoms with Crippen LogP contribution in [0.2, 0.25) is 5.02 Å². The van der Waals surface area contributed by atoms with Gasteiger partial charge in [-0.3, -0.25) is 14.6 Å². The largest absolute Gasteiger partial charge is 0.490 e. The zero-order chi connectivity index (χ0) is 20.6. The van der Waals surface area contributed by atoms with E-state index in [0.29, 0.717) is 34.0 Å². The van der Waals surface area contributed by atoms with Crippen LogP contribution >= 0.6 is 11.6 Å². The van der Waals surface area contributed by atoms with Gasteiger partial charge in [-0.25, -0.2) is 4.39 Å². The summed E-state index contributed by atoms with van der Waals surface area (Å²) in [6.45, 7) is 1.91. The van der Waals surface area contributed by atoms with Crippen molar-refractivity contribution in [1.29, 1.82) is 0 Å². The molecule has 2 aromatic heterocycles. The lowest BCUT2D eigenvalue weighted by Gasteiger charge is -2.39. The van der Waals surface area contributed by atoms with Crippen molar-refractivity contribution in [2.75, 3.05) is 6.61 Å². The van der Waals surface area contributed by atoms with E-state index in [4.69, 9.17) is 16.3 Å². The zero-order valence-electron chi connectivity index (χ0n) is 15.5. The minimum absolute atomic E-state index is 0.250. The molecule has 2 N–H and O–H groups in total. The van der Waals surface area contributed by atoms with Gasteiger partial charge in [0.25, 0.3) is 5.91 Å². The van der Waals surface area contributed by atoms with Crippen LogP contribution in [-0.4, -0.2) is 22.5 Å². The molecule has 4 rings (SSSR count). The van der Waals surface area contributed by atoms with Gasteiger partial charge < -0.3 is 15.0 Å². The molecule has 29 heavy (non-hydrogen) atoms. The Morgan fingerprint density at radius 3 is 2.86 bits per heavy atom. The number of H-pyrrole nitrogens is 1. The summed E-state index contributed by atoms with van der Waals surface area (Å²) in [4.78, 5) is 31.2. The van der Waals surface area contributed by atoms with Gasteiger partial charge in [-0.2, -0.15) is 0 Å². The van der Waals surface area contributed by atoms with E-state index in [-0.39, 0.29) is 17.7 Å². The fourth-order valence-corrected chi connectivity index (χ4v) is 3.64. The maximum atomic E-state index is 14.4. The molecule has 1 atom stereocenters. The molecule has 3 aromatic rings. The van der Waals surface area contributed by atoms with Crippen molar-refractivity contribution in [3.05, 3.63) is 92.4 Å². The molecule has 1 amide bonds. The maximum Gasteiger partial charge on any atom is 0.253 e. The molecule has 0 spiro atoms. The Labute approximate surface area is 170 Å². The van der Waals surface area contributed by atoms with E-state index >= 15 is 0 Å². The Morgan fingerprint density at radius 2 is 2.14 bits per heavy atom. The van der Waals surface area contributed by atoms with Gasteiger partial charge in [-0.15, -0.1) is 0 Å². The van der Waals surface area contributed by atoms with E-state index in [1.54, 1.807) is 25.1 Å². The molecule has 3 heterocycles. The van der Waals surface area contributed by atoms with Crippen LogP contribution in [0.5, 0.6) is 5.75 Å². The van der Waals surface area contributed by atoms with Gasteiger partial charge in [0.2, 0.25) is 5.56 Å². The van der Waals surface area contributed by atoms with Crippen LogP contribution in [0.25, 0.3) is 0 Å². The Morgan fingerprint density at radius 1 is 1.31 bits per heavy atom. The Kier molecular flexibility index (Phi) is 4.84. The number of amides is 1. The number of nitrogens with one attached hydrogen (secondary N) is 2. The molecule has 148 valence electrons. The molecule has 0 fully saturated rings. The van der Waals surface area contributed by atoms with Gasteiger partial charge in [0.05, 0.1) is 17.2 Å². The lowest BCUT2D eigenvalue weighted by atomic mass is 9.80. The van der Waals surface area contributed by atoms with E-state index in [9.17, 15) is 14.0 Å². The quantitative estimate of drug-likeness (QED) is 0.689. The molecule has 0 aliphatic carbocycles. The lowest BCUT2D eigenvalue weighted by molar-refractivity contribution is 0.0883. The van der Waals surface area contributed by atoms with Crippen molar-refractivity contribution in [2.24, 2.45) is 0 Å². The van der Waals surface area contributed by atoms with Crippen LogP contribution in [-0.2, 0) is 5.54 Å². The number of hydrogen-bond donors (Lipinski definition) is 2. The maximum absolute atomic E-state index is 14.4. The molecule has 8 heteroatoms. The summed E-state index contributed by atoms with van der Waals surface area (Å²) in [5.41, 5.74) is 0.200. The number of carbonyl (C=O) groups is 1. The molecular formula is C21H17ClFN3O3. The highest BCUT2D eigenvalue weighted by Gasteiger charge is 2.43. The standard InChI is InChI=1S/C21H17ClFN3O3/c1-12-2-4-14(10-16(12)23)21(26-20(28)13-3-5-17(27)25-11-13)7-9-29-18-15(22)6-8-24-19(18)21/h2-6,8,10-11H,7,9H2,1H3,(H,25,27)(H,26,28)/t21-/m0/s1. The highest BCUT2D eigenvalue weighted by atomic mass is 35.5. The normalized spacial score (nSPS) is 17.9. The van der Waals surface area contributed by atoms with E-state index in [0.717, 1.165) is 0 Å². The second-order valence-electron chi connectivity index (χ2n) is 6.83. The Balaban J connectivity index is 1.88. The molecule has 0 saturated heterocycles. The van der Waals surface area contributed by atoms with Gasteiger partial charge in [-0.05, 0) is 36.2 Å². The van der Waals surface area contributed by atoms with Crippen molar-refractivity contribution < 1.29 is 13.9 Å². The highest BCUT2D eigenvalue weighted by Crippen LogP contribution is 2.44. The molecule has 1 aliphatic rings. The van der Waals surface area contributed by atoms with E-state index in [2.05, 4.69) is 15.3 Å². The van der Waals surface area contributed by atoms with Crippen LogP contribution in [0.1, 0.15) is 33.6 Å². The summed E-state index contributed by atoms with van der Waals surface area (Å²) in [7, 11) is 0. The molecule has 0 saturated carbocycles. The number of rotatable bonds is 3. The molecular weight excluding hydrogens is 397 g/mol. The van der Waals surface area contributed by atoms with Crippen molar-refractivity contribution in [3.8, 4) is 5.75 Å². The van der Waals surface area contributed by atoms with Gasteiger partial charge >= 0.3 is 0 Å². The summed E-state index contributed by atoms with van der Waals surface area (Å²) in [6.07, 6.45) is 3.17. The van der Waals surface area contributed by atoms with Crippen LogP contribution in [0.3, 0.4) is 0 Å². The smallest absolute Gasteiger partial charge is 0.253 e. The summed E-state index contributed by atoms with van der Waals surface area (Å²) in [5.74, 6) is -0.490. The summed E-state index contributed by atoms with van der Waals surface area (Å²) >= 11 is 6.29. The first-order chi connectivity index (χ1) is 13.9. The predicted octanol–water partition coefficient (Wildman–Crippen LogP) is 3.33. The van der Waals surface area contributed by atoms with Crippen LogP contribution < -0.4 is 15.6 Å². The number of nitrogens with zero attached hydrogens (tertiary/aromatic N) is 1. The van der Waals surface area contributed by atoms with Crippen LogP contribution in [0.4, 0.5) is 4.39 Å². The second-order valence-corrected chi connectivity index (χ2v) is 7.24. The SMILES string of the molecule is Cc1ccc([C@@]2(NC(=O)c3ccc(=O)[nH]c3)CCOc3c(Cl)ccnc32)cc1F. The number of benzene rings is 1. The third kappa shape index (κ3) is 3.38. The minimum atomic E-state index is -1.15. The molecule has 0 bridgehead atoms. The average molecular weight is 414 g/mol. The number of carbonyl (C=O) groups excluding carboxylic acids is 1. The van der Waals surface area contributed by atoms with Crippen molar-refractivity contribution in [2.45, 2.75) is 18.9 Å². The molecule has 1 aliphatic heterocycles. The first-order valence-electron chi connectivity index (χ1n) is 8.96. The third-order valence-corrected chi connectivity index (χ3v) is 5.32. The van der Waals surface area contributed by atoms with Crippen LogP contribution in [0, 0.1) is 12.7 Å². The predicted molar refractivity (Wildman–Crippen MR) is 106 cm³/mol. The third-order valence-electron chi connectivity index (χ3n) is 5.02. The van der Waals surface area contributed by atoms with Gasteiger partial charge in [0, 0.05) is 24.9 Å². The average Bonchev–Trinajstić information content (AvgIpc) is 2.71. The number of ether oxygens (including phenoxy) is 1. The van der Waals surface area contributed by atoms with Crippen molar-refractivity contribution >= 4 is 17.5 Å². The van der Waals surface area contributed by atoms with E-state index in [1.807, 2.05) is 0 Å². The Bertz CT molecular complexity index is 1140. The highest BCUT2D eigenvalue weighted by molar-refractivity contribution is 6.32. The van der Waals surface area contributed by atoms with Crippen molar-refractivity contribution in [3.63, 3.8) is 0 Å². The summed E-state index contributed by atoms with van der Waals surface area (Å²) in [6, 6.07) is 9.07. The number of halogens is 2. The monoisotopic (exact) mass is 413 g/mol. The lowest BCUT2D eigenvalue weighted by Crippen LogP contribution is -2.50.